The summed E-state index contributed by atoms with van der Waals surface area (Å²) in [6.45, 7) is 0.0653. The Balaban J connectivity index is 1.69. The van der Waals surface area contributed by atoms with Crippen molar-refractivity contribution in [2.45, 2.75) is 6.61 Å². The zero-order valence-corrected chi connectivity index (χ0v) is 15.9. The Morgan fingerprint density at radius 3 is 2.43 bits per heavy atom. The Morgan fingerprint density at radius 2 is 1.57 bits per heavy atom. The van der Waals surface area contributed by atoms with E-state index < -0.39 is 0 Å². The highest BCUT2D eigenvalue weighted by molar-refractivity contribution is 5.98. The van der Waals surface area contributed by atoms with E-state index in [1.807, 2.05) is 42.5 Å². The number of benzene rings is 4. The van der Waals surface area contributed by atoms with E-state index in [1.54, 1.807) is 36.4 Å². The lowest BCUT2D eigenvalue weighted by atomic mass is 10.0. The maximum Gasteiger partial charge on any atom is 0.259 e. The van der Waals surface area contributed by atoms with Gasteiger partial charge in [-0.3, -0.25) is 4.79 Å². The summed E-state index contributed by atoms with van der Waals surface area (Å²) in [5.41, 5.74) is 1.51. The highest BCUT2D eigenvalue weighted by atomic mass is 19.1. The molecule has 146 valence electrons. The molecule has 0 bridgehead atoms. The standard InChI is InChI=1S/C25H17FN2O2/c26-20-11-5-2-8-17(20)15-30-22-14-13-16-7-1-3-9-18(16)23(22)24-27-21-12-6-4-10-19(21)25(29)28-24/h1-14H,15H2,(H,27,28,29). The maximum atomic E-state index is 14.1. The summed E-state index contributed by atoms with van der Waals surface area (Å²) in [6.07, 6.45) is 0. The molecule has 0 fully saturated rings. The predicted octanol–water partition coefficient (Wildman–Crippen LogP) is 5.46. The van der Waals surface area contributed by atoms with E-state index in [1.165, 1.54) is 6.07 Å². The number of fused-ring (bicyclic) bond motifs is 2. The average Bonchev–Trinajstić information content (AvgIpc) is 2.78. The Morgan fingerprint density at radius 1 is 0.833 bits per heavy atom. The number of ether oxygens (including phenoxy) is 1. The molecule has 0 unspecified atom stereocenters. The summed E-state index contributed by atoms with van der Waals surface area (Å²) in [4.78, 5) is 20.2. The summed E-state index contributed by atoms with van der Waals surface area (Å²) in [7, 11) is 0. The number of aromatic nitrogens is 2. The Bertz CT molecular complexity index is 1440. The van der Waals surface area contributed by atoms with Crippen LogP contribution in [0.15, 0.2) is 89.7 Å². The van der Waals surface area contributed by atoms with Crippen LogP contribution in [0.2, 0.25) is 0 Å². The van der Waals surface area contributed by atoms with Gasteiger partial charge in [-0.1, -0.05) is 60.7 Å². The highest BCUT2D eigenvalue weighted by Crippen LogP contribution is 2.36. The largest absolute Gasteiger partial charge is 0.488 e. The topological polar surface area (TPSA) is 55.0 Å². The molecule has 0 atom stereocenters. The van der Waals surface area contributed by atoms with Crippen molar-refractivity contribution in [1.29, 1.82) is 0 Å². The van der Waals surface area contributed by atoms with Crippen molar-refractivity contribution in [3.8, 4) is 17.1 Å². The van der Waals surface area contributed by atoms with Gasteiger partial charge in [-0.15, -0.1) is 0 Å². The van der Waals surface area contributed by atoms with Gasteiger partial charge < -0.3 is 9.72 Å². The second-order valence-corrected chi connectivity index (χ2v) is 6.97. The smallest absolute Gasteiger partial charge is 0.259 e. The van der Waals surface area contributed by atoms with Crippen LogP contribution in [0.25, 0.3) is 33.1 Å². The van der Waals surface area contributed by atoms with Gasteiger partial charge in [0.1, 0.15) is 24.0 Å². The molecule has 0 spiro atoms. The maximum absolute atomic E-state index is 14.1. The van der Waals surface area contributed by atoms with Crippen LogP contribution in [0, 0.1) is 5.82 Å². The molecule has 1 aromatic heterocycles. The summed E-state index contributed by atoms with van der Waals surface area (Å²) in [5.74, 6) is 0.617. The van der Waals surface area contributed by atoms with Crippen LogP contribution in [0.1, 0.15) is 5.56 Å². The van der Waals surface area contributed by atoms with E-state index in [0.29, 0.717) is 33.6 Å². The molecule has 0 aliphatic carbocycles. The van der Waals surface area contributed by atoms with Gasteiger partial charge in [0.05, 0.1) is 16.5 Å². The number of halogens is 1. The first-order valence-corrected chi connectivity index (χ1v) is 9.58. The van der Waals surface area contributed by atoms with Crippen LogP contribution >= 0.6 is 0 Å². The number of para-hydroxylation sites is 1. The normalized spacial score (nSPS) is 11.1. The molecule has 4 aromatic carbocycles. The third kappa shape index (κ3) is 3.20. The molecule has 30 heavy (non-hydrogen) atoms. The number of nitrogens with zero attached hydrogens (tertiary/aromatic N) is 1. The molecule has 0 radical (unpaired) electrons. The van der Waals surface area contributed by atoms with Crippen LogP contribution in [-0.2, 0) is 6.61 Å². The lowest BCUT2D eigenvalue weighted by Crippen LogP contribution is -2.10. The fourth-order valence-electron chi connectivity index (χ4n) is 3.59. The van der Waals surface area contributed by atoms with E-state index in [-0.39, 0.29) is 18.0 Å². The van der Waals surface area contributed by atoms with E-state index in [4.69, 9.17) is 4.74 Å². The van der Waals surface area contributed by atoms with E-state index in [0.717, 1.165) is 10.8 Å². The average molecular weight is 396 g/mol. The summed E-state index contributed by atoms with van der Waals surface area (Å²) in [5, 5.41) is 2.40. The molecule has 5 aromatic rings. The number of nitrogens with one attached hydrogen (secondary N) is 1. The van der Waals surface area contributed by atoms with Gasteiger partial charge in [-0.25, -0.2) is 9.37 Å². The lowest BCUT2D eigenvalue weighted by Gasteiger charge is -2.14. The zero-order chi connectivity index (χ0) is 20.5. The first kappa shape index (κ1) is 18.1. The van der Waals surface area contributed by atoms with Crippen molar-refractivity contribution in [3.05, 3.63) is 107 Å². The van der Waals surface area contributed by atoms with Gasteiger partial charge in [-0.2, -0.15) is 0 Å². The third-order valence-electron chi connectivity index (χ3n) is 5.08. The van der Waals surface area contributed by atoms with Crippen LogP contribution in [0.5, 0.6) is 5.75 Å². The minimum absolute atomic E-state index is 0.0653. The molecule has 0 aliphatic heterocycles. The second kappa shape index (κ2) is 7.44. The van der Waals surface area contributed by atoms with E-state index >= 15 is 0 Å². The SMILES string of the molecule is O=c1[nH]c(-c2c(OCc3ccccc3F)ccc3ccccc23)nc2ccccc12. The Hall–Kier alpha value is -3.99. The van der Waals surface area contributed by atoms with Crippen molar-refractivity contribution in [3.63, 3.8) is 0 Å². The number of hydrogen-bond donors (Lipinski definition) is 1. The van der Waals surface area contributed by atoms with Crippen molar-refractivity contribution in [2.75, 3.05) is 0 Å². The van der Waals surface area contributed by atoms with Gasteiger partial charge in [0, 0.05) is 5.56 Å². The van der Waals surface area contributed by atoms with Gasteiger partial charge >= 0.3 is 0 Å². The van der Waals surface area contributed by atoms with Gasteiger partial charge in [0.15, 0.2) is 0 Å². The Labute approximate surface area is 171 Å². The molecule has 0 saturated heterocycles. The highest BCUT2D eigenvalue weighted by Gasteiger charge is 2.16. The molecule has 0 saturated carbocycles. The molecule has 5 heteroatoms. The van der Waals surface area contributed by atoms with E-state index in [9.17, 15) is 9.18 Å². The van der Waals surface area contributed by atoms with Gasteiger partial charge in [-0.05, 0) is 35.0 Å². The number of aromatic amines is 1. The summed E-state index contributed by atoms with van der Waals surface area (Å²) >= 11 is 0. The number of hydrogen-bond acceptors (Lipinski definition) is 3. The Kier molecular flexibility index (Phi) is 4.48. The molecule has 1 heterocycles. The molecule has 4 nitrogen and oxygen atoms in total. The van der Waals surface area contributed by atoms with Crippen LogP contribution < -0.4 is 10.3 Å². The van der Waals surface area contributed by atoms with Crippen molar-refractivity contribution in [1.82, 2.24) is 9.97 Å². The van der Waals surface area contributed by atoms with Crippen LogP contribution in [0.4, 0.5) is 4.39 Å². The van der Waals surface area contributed by atoms with Crippen LogP contribution in [0.3, 0.4) is 0 Å². The molecule has 1 N–H and O–H groups in total. The fraction of sp³-hybridized carbons (Fsp3) is 0.0400. The number of rotatable bonds is 4. The molecule has 0 amide bonds. The first-order chi connectivity index (χ1) is 14.7. The minimum atomic E-state index is -0.322. The molecular formula is C25H17FN2O2. The molecule has 5 rings (SSSR count). The molecular weight excluding hydrogens is 379 g/mol. The van der Waals surface area contributed by atoms with Crippen molar-refractivity contribution < 1.29 is 9.13 Å². The van der Waals surface area contributed by atoms with E-state index in [2.05, 4.69) is 9.97 Å². The van der Waals surface area contributed by atoms with Gasteiger partial charge in [0.2, 0.25) is 0 Å². The lowest BCUT2D eigenvalue weighted by molar-refractivity contribution is 0.301. The third-order valence-corrected chi connectivity index (χ3v) is 5.08. The second-order valence-electron chi connectivity index (χ2n) is 6.97. The van der Waals surface area contributed by atoms with Crippen molar-refractivity contribution >= 4 is 21.7 Å². The fourth-order valence-corrected chi connectivity index (χ4v) is 3.59. The predicted molar refractivity (Wildman–Crippen MR) is 116 cm³/mol. The number of H-pyrrole nitrogens is 1. The van der Waals surface area contributed by atoms with Gasteiger partial charge in [0.25, 0.3) is 5.56 Å². The zero-order valence-electron chi connectivity index (χ0n) is 15.9. The van der Waals surface area contributed by atoms with Crippen LogP contribution in [-0.4, -0.2) is 9.97 Å². The molecule has 0 aliphatic rings. The minimum Gasteiger partial charge on any atom is -0.488 e. The summed E-state index contributed by atoms with van der Waals surface area (Å²) in [6, 6.07) is 25.3. The monoisotopic (exact) mass is 396 g/mol. The quantitative estimate of drug-likeness (QED) is 0.439. The first-order valence-electron chi connectivity index (χ1n) is 9.58. The van der Waals surface area contributed by atoms with Crippen molar-refractivity contribution in [2.24, 2.45) is 0 Å². The summed E-state index contributed by atoms with van der Waals surface area (Å²) < 4.78 is 20.1.